The predicted molar refractivity (Wildman–Crippen MR) is 176 cm³/mol. The van der Waals surface area contributed by atoms with Gasteiger partial charge in [-0.1, -0.05) is 35.9 Å². The highest BCUT2D eigenvalue weighted by molar-refractivity contribution is 6.08. The van der Waals surface area contributed by atoms with Crippen LogP contribution in [0.3, 0.4) is 0 Å². The van der Waals surface area contributed by atoms with E-state index in [1.807, 2.05) is 6.08 Å². The van der Waals surface area contributed by atoms with Crippen LogP contribution in [0.2, 0.25) is 0 Å². The highest BCUT2D eigenvalue weighted by atomic mass is 16.5. The lowest BCUT2D eigenvalue weighted by Crippen LogP contribution is -2.43. The summed E-state index contributed by atoms with van der Waals surface area (Å²) in [7, 11) is 2.83. The molecule has 6 atom stereocenters. The number of phenolic OH excluding ortho intramolecular Hbond substituents is 3. The second-order valence-electron chi connectivity index (χ2n) is 13.3. The van der Waals surface area contributed by atoms with Gasteiger partial charge in [0.25, 0.3) is 0 Å². The van der Waals surface area contributed by atoms with Gasteiger partial charge in [-0.3, -0.25) is 29.0 Å². The number of amides is 4. The van der Waals surface area contributed by atoms with Gasteiger partial charge in [0, 0.05) is 19.0 Å². The first-order valence-electron chi connectivity index (χ1n) is 16.5. The van der Waals surface area contributed by atoms with Gasteiger partial charge in [0.2, 0.25) is 29.4 Å². The molecule has 3 fully saturated rings. The standard InChI is InChI=1S/C38H38N2O9/c1-48-29-17-22(18-30(49-2)34(29)43)31-25-11-12-26-32(37(46)39(35(26)44)15-13-20-3-7-23(41)8-4-20)27(25)19-28-33(31)38(47)40(36(28)45)16-14-21-5-9-24(42)10-6-21/h3-11,17-18,26-28,31-33,41-43H,12-16,19H2,1-2H3. The Morgan fingerprint density at radius 1 is 0.653 bits per heavy atom. The van der Waals surface area contributed by atoms with Crippen LogP contribution in [0.4, 0.5) is 0 Å². The van der Waals surface area contributed by atoms with Crippen molar-refractivity contribution < 1.29 is 44.0 Å². The number of aromatic hydroxyl groups is 3. The number of hydrogen-bond acceptors (Lipinski definition) is 9. The zero-order valence-corrected chi connectivity index (χ0v) is 27.2. The van der Waals surface area contributed by atoms with Crippen LogP contribution in [0.25, 0.3) is 0 Å². The minimum atomic E-state index is -0.761. The fraction of sp³-hybridized carbons (Fsp3) is 0.368. The van der Waals surface area contributed by atoms with E-state index in [-0.39, 0.29) is 71.9 Å². The Labute approximate surface area is 283 Å². The third-order valence-electron chi connectivity index (χ3n) is 10.8. The molecule has 3 N–H and O–H groups in total. The van der Waals surface area contributed by atoms with Gasteiger partial charge in [-0.15, -0.1) is 0 Å². The van der Waals surface area contributed by atoms with Gasteiger partial charge in [0.15, 0.2) is 11.5 Å². The third kappa shape index (κ3) is 5.47. The van der Waals surface area contributed by atoms with E-state index in [1.165, 1.54) is 24.0 Å². The summed E-state index contributed by atoms with van der Waals surface area (Å²) < 4.78 is 10.9. The summed E-state index contributed by atoms with van der Waals surface area (Å²) in [4.78, 5) is 58.9. The Bertz CT molecular complexity index is 1830. The van der Waals surface area contributed by atoms with Crippen LogP contribution in [-0.2, 0) is 32.0 Å². The fourth-order valence-corrected chi connectivity index (χ4v) is 8.43. The molecule has 2 aliphatic heterocycles. The largest absolute Gasteiger partial charge is 0.508 e. The van der Waals surface area contributed by atoms with Crippen molar-refractivity contribution in [2.75, 3.05) is 27.3 Å². The molecule has 0 radical (unpaired) electrons. The van der Waals surface area contributed by atoms with E-state index in [0.29, 0.717) is 24.8 Å². The van der Waals surface area contributed by atoms with Crippen LogP contribution in [-0.4, -0.2) is 76.1 Å². The summed E-state index contributed by atoms with van der Waals surface area (Å²) in [6, 6.07) is 16.6. The van der Waals surface area contributed by atoms with E-state index >= 15 is 0 Å². The number of methoxy groups -OCH3 is 2. The molecule has 4 aliphatic rings. The second kappa shape index (κ2) is 12.6. The van der Waals surface area contributed by atoms with E-state index in [2.05, 4.69) is 0 Å². The molecule has 11 nitrogen and oxygen atoms in total. The maximum Gasteiger partial charge on any atom is 0.234 e. The van der Waals surface area contributed by atoms with Gasteiger partial charge in [-0.05, 0) is 84.7 Å². The average molecular weight is 667 g/mol. The molecular formula is C38H38N2O9. The van der Waals surface area contributed by atoms with Crippen LogP contribution >= 0.6 is 0 Å². The number of fused-ring (bicyclic) bond motifs is 4. The van der Waals surface area contributed by atoms with Crippen molar-refractivity contribution >= 4 is 23.6 Å². The van der Waals surface area contributed by atoms with Gasteiger partial charge in [-0.2, -0.15) is 0 Å². The molecule has 4 amide bonds. The Kier molecular flexibility index (Phi) is 8.30. The maximum atomic E-state index is 14.3. The number of rotatable bonds is 9. The Balaban J connectivity index is 1.24. The molecular weight excluding hydrogens is 628 g/mol. The molecule has 3 aromatic carbocycles. The molecule has 0 bridgehead atoms. The number of carbonyl (C=O) groups excluding carboxylic acids is 4. The van der Waals surface area contributed by atoms with Crippen molar-refractivity contribution in [2.24, 2.45) is 29.6 Å². The van der Waals surface area contributed by atoms with Crippen molar-refractivity contribution in [3.63, 3.8) is 0 Å². The van der Waals surface area contributed by atoms with Gasteiger partial charge in [0.05, 0.1) is 37.9 Å². The SMILES string of the molecule is COc1cc(C2C3=CCC4C(=O)N(CCc5ccc(O)cc5)C(=O)C4C3CC3C(=O)N(CCc4ccc(O)cc4)C(=O)C32)cc(OC)c1O. The number of nitrogens with zero attached hydrogens (tertiary/aromatic N) is 2. The number of likely N-dealkylation sites (tertiary alicyclic amines) is 2. The van der Waals surface area contributed by atoms with E-state index in [1.54, 1.807) is 60.7 Å². The molecule has 1 saturated carbocycles. The van der Waals surface area contributed by atoms with Crippen molar-refractivity contribution in [2.45, 2.75) is 31.6 Å². The molecule has 7 rings (SSSR count). The van der Waals surface area contributed by atoms with Crippen molar-refractivity contribution in [1.29, 1.82) is 0 Å². The van der Waals surface area contributed by atoms with Gasteiger partial charge >= 0.3 is 0 Å². The average Bonchev–Trinajstić information content (AvgIpc) is 3.49. The highest BCUT2D eigenvalue weighted by Crippen LogP contribution is 2.58. The van der Waals surface area contributed by atoms with E-state index in [4.69, 9.17) is 9.47 Å². The number of imide groups is 2. The number of ether oxygens (including phenoxy) is 2. The third-order valence-corrected chi connectivity index (χ3v) is 10.8. The molecule has 3 aromatic rings. The van der Waals surface area contributed by atoms with Crippen LogP contribution in [0, 0.1) is 29.6 Å². The van der Waals surface area contributed by atoms with Crippen LogP contribution < -0.4 is 9.47 Å². The van der Waals surface area contributed by atoms with Gasteiger partial charge < -0.3 is 24.8 Å². The number of hydrogen-bond donors (Lipinski definition) is 3. The Hall–Kier alpha value is -5.32. The molecule has 2 saturated heterocycles. The molecule has 2 heterocycles. The first-order valence-corrected chi connectivity index (χ1v) is 16.5. The molecule has 49 heavy (non-hydrogen) atoms. The zero-order valence-electron chi connectivity index (χ0n) is 27.2. The van der Waals surface area contributed by atoms with Gasteiger partial charge in [-0.25, -0.2) is 0 Å². The smallest absolute Gasteiger partial charge is 0.234 e. The maximum absolute atomic E-state index is 14.3. The van der Waals surface area contributed by atoms with E-state index in [9.17, 15) is 34.5 Å². The van der Waals surface area contributed by atoms with Crippen LogP contribution in [0.15, 0.2) is 72.3 Å². The molecule has 2 aliphatic carbocycles. The number of benzene rings is 3. The van der Waals surface area contributed by atoms with E-state index in [0.717, 1.165) is 16.7 Å². The summed E-state index contributed by atoms with van der Waals surface area (Å²) >= 11 is 0. The summed E-state index contributed by atoms with van der Waals surface area (Å²) in [5, 5.41) is 30.0. The quantitative estimate of drug-likeness (QED) is 0.228. The summed E-state index contributed by atoms with van der Waals surface area (Å²) in [5.41, 5.74) is 3.18. The van der Waals surface area contributed by atoms with E-state index < -0.39 is 35.5 Å². The van der Waals surface area contributed by atoms with Gasteiger partial charge in [0.1, 0.15) is 11.5 Å². The lowest BCUT2D eigenvalue weighted by Gasteiger charge is -2.44. The monoisotopic (exact) mass is 666 g/mol. The molecule has 0 aromatic heterocycles. The van der Waals surface area contributed by atoms with Crippen LogP contribution in [0.1, 0.15) is 35.4 Å². The molecule has 11 heteroatoms. The summed E-state index contributed by atoms with van der Waals surface area (Å²) in [6.45, 7) is 0.352. The molecule has 254 valence electrons. The minimum Gasteiger partial charge on any atom is -0.508 e. The predicted octanol–water partition coefficient (Wildman–Crippen LogP) is 3.94. The zero-order chi connectivity index (χ0) is 34.6. The Morgan fingerprint density at radius 2 is 1.14 bits per heavy atom. The Morgan fingerprint density at radius 3 is 1.65 bits per heavy atom. The first kappa shape index (κ1) is 32.2. The summed E-state index contributed by atoms with van der Waals surface area (Å²) in [5.74, 6) is -4.58. The minimum absolute atomic E-state index is 0.124. The van der Waals surface area contributed by atoms with Crippen molar-refractivity contribution in [3.05, 3.63) is 89.0 Å². The van der Waals surface area contributed by atoms with Crippen molar-refractivity contribution in [3.8, 4) is 28.7 Å². The number of phenols is 3. The van der Waals surface area contributed by atoms with Crippen LogP contribution in [0.5, 0.6) is 28.7 Å². The topological polar surface area (TPSA) is 154 Å². The highest BCUT2D eigenvalue weighted by Gasteiger charge is 2.61. The molecule has 0 spiro atoms. The fourth-order valence-electron chi connectivity index (χ4n) is 8.43. The second-order valence-corrected chi connectivity index (χ2v) is 13.3. The first-order chi connectivity index (χ1) is 23.6. The number of carbonyl (C=O) groups is 4. The number of allylic oxidation sites excluding steroid dienone is 2. The lowest BCUT2D eigenvalue weighted by atomic mass is 9.57. The summed E-state index contributed by atoms with van der Waals surface area (Å²) in [6.07, 6.45) is 3.40. The lowest BCUT2D eigenvalue weighted by molar-refractivity contribution is -0.142. The normalized spacial score (nSPS) is 26.0. The van der Waals surface area contributed by atoms with Crippen molar-refractivity contribution in [1.82, 2.24) is 9.80 Å². The molecule has 6 unspecified atom stereocenters.